The normalized spacial score (nSPS) is 11.0. The van der Waals surface area contributed by atoms with E-state index in [9.17, 15) is 0 Å². The summed E-state index contributed by atoms with van der Waals surface area (Å²) in [6.45, 7) is 4.26. The summed E-state index contributed by atoms with van der Waals surface area (Å²) >= 11 is 10.2. The van der Waals surface area contributed by atoms with Crippen molar-refractivity contribution in [2.45, 2.75) is 20.5 Å². The smallest absolute Gasteiger partial charge is 0.134 e. The Bertz CT molecular complexity index is 1250. The first kappa shape index (κ1) is 21.5. The molecule has 6 nitrogen and oxygen atoms in total. The second-order valence-corrected chi connectivity index (χ2v) is 8.27. The van der Waals surface area contributed by atoms with Crippen molar-refractivity contribution in [3.05, 3.63) is 69.4 Å². The summed E-state index contributed by atoms with van der Waals surface area (Å²) in [6.07, 6.45) is 0. The topological polar surface area (TPSA) is 54.1 Å². The first-order valence-electron chi connectivity index (χ1n) is 9.67. The number of nitrogens with zero attached hydrogens (tertiary/aromatic N) is 4. The number of hydrogen-bond acceptors (Lipinski definition) is 4. The van der Waals surface area contributed by atoms with E-state index in [0.29, 0.717) is 11.7 Å². The molecule has 0 saturated heterocycles. The molecule has 2 heterocycles. The van der Waals surface area contributed by atoms with Crippen LogP contribution in [-0.2, 0) is 6.67 Å². The van der Waals surface area contributed by atoms with Crippen LogP contribution in [0.15, 0.2) is 53.0 Å². The van der Waals surface area contributed by atoms with Gasteiger partial charge in [0.25, 0.3) is 0 Å². The zero-order chi connectivity index (χ0) is 22.1. The van der Waals surface area contributed by atoms with Gasteiger partial charge in [-0.2, -0.15) is 10.2 Å². The molecule has 4 aromatic rings. The van der Waals surface area contributed by atoms with E-state index in [1.54, 1.807) is 14.2 Å². The molecule has 0 aliphatic rings. The molecule has 31 heavy (non-hydrogen) atoms. The summed E-state index contributed by atoms with van der Waals surface area (Å²) in [6, 6.07) is 15.7. The van der Waals surface area contributed by atoms with Gasteiger partial charge in [-0.1, -0.05) is 35.9 Å². The van der Waals surface area contributed by atoms with Gasteiger partial charge >= 0.3 is 0 Å². The van der Waals surface area contributed by atoms with Crippen LogP contribution in [0.3, 0.4) is 0 Å². The van der Waals surface area contributed by atoms with Gasteiger partial charge in [0.05, 0.1) is 40.8 Å². The van der Waals surface area contributed by atoms with Crippen LogP contribution in [0.2, 0.25) is 5.02 Å². The molecule has 0 bridgehead atoms. The van der Waals surface area contributed by atoms with Crippen LogP contribution in [0.1, 0.15) is 11.4 Å². The number of halogens is 2. The van der Waals surface area contributed by atoms with Crippen LogP contribution in [0.5, 0.6) is 11.5 Å². The van der Waals surface area contributed by atoms with E-state index in [1.165, 1.54) is 0 Å². The van der Waals surface area contributed by atoms with Crippen LogP contribution < -0.4 is 9.47 Å². The summed E-state index contributed by atoms with van der Waals surface area (Å²) in [4.78, 5) is 0. The van der Waals surface area contributed by atoms with Gasteiger partial charge in [-0.15, -0.1) is 0 Å². The van der Waals surface area contributed by atoms with Gasteiger partial charge in [0.15, 0.2) is 0 Å². The van der Waals surface area contributed by atoms with Crippen molar-refractivity contribution in [1.29, 1.82) is 0 Å². The molecule has 0 aliphatic heterocycles. The second kappa shape index (κ2) is 8.77. The number of aromatic nitrogens is 4. The van der Waals surface area contributed by atoms with Gasteiger partial charge < -0.3 is 9.47 Å². The summed E-state index contributed by atoms with van der Waals surface area (Å²) in [5.74, 6) is 1.54. The van der Waals surface area contributed by atoms with Gasteiger partial charge in [0, 0.05) is 11.1 Å². The molecule has 0 amide bonds. The third kappa shape index (κ3) is 4.07. The van der Waals surface area contributed by atoms with Crippen molar-refractivity contribution < 1.29 is 9.47 Å². The Hall–Kier alpha value is -2.77. The molecule has 0 N–H and O–H groups in total. The maximum Gasteiger partial charge on any atom is 0.134 e. The Kier molecular flexibility index (Phi) is 6.07. The molecule has 0 saturated carbocycles. The van der Waals surface area contributed by atoms with E-state index in [1.807, 2.05) is 71.7 Å². The average Bonchev–Trinajstić information content (AvgIpc) is 3.24. The van der Waals surface area contributed by atoms with Gasteiger partial charge in [-0.25, -0.2) is 9.36 Å². The minimum atomic E-state index is 0.411. The molecule has 2 aromatic carbocycles. The van der Waals surface area contributed by atoms with E-state index in [4.69, 9.17) is 26.2 Å². The highest BCUT2D eigenvalue weighted by atomic mass is 79.9. The highest BCUT2D eigenvalue weighted by Gasteiger charge is 2.21. The zero-order valence-electron chi connectivity index (χ0n) is 17.7. The summed E-state index contributed by atoms with van der Waals surface area (Å²) in [5, 5.41) is 10.2. The van der Waals surface area contributed by atoms with Crippen LogP contribution >= 0.6 is 27.5 Å². The molecule has 0 atom stereocenters. The van der Waals surface area contributed by atoms with Crippen molar-refractivity contribution in [2.75, 3.05) is 14.2 Å². The first-order chi connectivity index (χ1) is 14.9. The van der Waals surface area contributed by atoms with E-state index < -0.39 is 0 Å². The van der Waals surface area contributed by atoms with Crippen molar-refractivity contribution in [3.63, 3.8) is 0 Å². The Morgan fingerprint density at radius 3 is 2.10 bits per heavy atom. The van der Waals surface area contributed by atoms with Crippen molar-refractivity contribution in [3.8, 4) is 34.0 Å². The summed E-state index contributed by atoms with van der Waals surface area (Å²) in [5.41, 5.74) is 5.33. The lowest BCUT2D eigenvalue weighted by Gasteiger charge is -2.11. The quantitative estimate of drug-likeness (QED) is 0.327. The van der Waals surface area contributed by atoms with Crippen molar-refractivity contribution in [1.82, 2.24) is 19.6 Å². The fraction of sp³-hybridized carbons (Fsp3) is 0.217. The second-order valence-electron chi connectivity index (χ2n) is 7.10. The van der Waals surface area contributed by atoms with Crippen LogP contribution in [-0.4, -0.2) is 33.8 Å². The molecular weight excluding hydrogens is 480 g/mol. The Morgan fingerprint density at radius 1 is 0.903 bits per heavy atom. The fourth-order valence-corrected chi connectivity index (χ4v) is 4.36. The molecule has 0 aliphatic carbocycles. The number of hydrogen-bond donors (Lipinski definition) is 0. The molecule has 4 rings (SSSR count). The standard InChI is InChI=1S/C23H22BrClN4O2/c1-14-21(25)15(2)28(26-14)13-29-23(17-8-6-10-19(12-17)31-4)20(24)22(27-29)16-7-5-9-18(11-16)30-3/h5-12H,13H2,1-4H3. The van der Waals surface area contributed by atoms with Gasteiger partial charge in [0.1, 0.15) is 23.9 Å². The lowest BCUT2D eigenvalue weighted by Crippen LogP contribution is -2.13. The molecule has 160 valence electrons. The van der Waals surface area contributed by atoms with Crippen molar-refractivity contribution in [2.24, 2.45) is 0 Å². The number of benzene rings is 2. The number of ether oxygens (including phenoxy) is 2. The predicted molar refractivity (Wildman–Crippen MR) is 126 cm³/mol. The van der Waals surface area contributed by atoms with Crippen molar-refractivity contribution >= 4 is 27.5 Å². The summed E-state index contributed by atoms with van der Waals surface area (Å²) in [7, 11) is 3.31. The van der Waals surface area contributed by atoms with Gasteiger partial charge in [0.2, 0.25) is 0 Å². The van der Waals surface area contributed by atoms with Crippen LogP contribution in [0.25, 0.3) is 22.5 Å². The predicted octanol–water partition coefficient (Wildman–Crippen LogP) is 5.97. The maximum absolute atomic E-state index is 6.37. The number of aryl methyl sites for hydroxylation is 1. The highest BCUT2D eigenvalue weighted by Crippen LogP contribution is 2.38. The molecule has 2 aromatic heterocycles. The molecule has 8 heteroatoms. The Balaban J connectivity index is 1.90. The molecule has 0 fully saturated rings. The Labute approximate surface area is 194 Å². The van der Waals surface area contributed by atoms with E-state index in [2.05, 4.69) is 21.0 Å². The van der Waals surface area contributed by atoms with E-state index in [0.717, 1.165) is 49.9 Å². The van der Waals surface area contributed by atoms with E-state index >= 15 is 0 Å². The van der Waals surface area contributed by atoms with Crippen LogP contribution in [0, 0.1) is 13.8 Å². The largest absolute Gasteiger partial charge is 0.497 e. The Morgan fingerprint density at radius 2 is 1.52 bits per heavy atom. The summed E-state index contributed by atoms with van der Waals surface area (Å²) < 4.78 is 15.5. The number of rotatable bonds is 6. The lowest BCUT2D eigenvalue weighted by atomic mass is 10.1. The minimum Gasteiger partial charge on any atom is -0.497 e. The van der Waals surface area contributed by atoms with Crippen LogP contribution in [0.4, 0.5) is 0 Å². The molecule has 0 spiro atoms. The SMILES string of the molecule is COc1cccc(-c2nn(Cn3nc(C)c(Cl)c3C)c(-c3cccc(OC)c3)c2Br)c1. The third-order valence-electron chi connectivity index (χ3n) is 5.14. The lowest BCUT2D eigenvalue weighted by molar-refractivity contribution is 0.414. The number of methoxy groups -OCH3 is 2. The monoisotopic (exact) mass is 500 g/mol. The minimum absolute atomic E-state index is 0.411. The zero-order valence-corrected chi connectivity index (χ0v) is 20.0. The highest BCUT2D eigenvalue weighted by molar-refractivity contribution is 9.10. The molecular formula is C23H22BrClN4O2. The van der Waals surface area contributed by atoms with E-state index in [-0.39, 0.29) is 0 Å². The molecule has 0 unspecified atom stereocenters. The first-order valence-corrected chi connectivity index (χ1v) is 10.8. The fourth-order valence-electron chi connectivity index (χ4n) is 3.48. The average molecular weight is 502 g/mol. The van der Waals surface area contributed by atoms with Gasteiger partial charge in [-0.3, -0.25) is 0 Å². The third-order valence-corrected chi connectivity index (χ3v) is 6.44. The molecule has 0 radical (unpaired) electrons. The van der Waals surface area contributed by atoms with Gasteiger partial charge in [-0.05, 0) is 54.0 Å². The maximum atomic E-state index is 6.37.